The van der Waals surface area contributed by atoms with E-state index in [0.29, 0.717) is 22.8 Å². The lowest BCUT2D eigenvalue weighted by Gasteiger charge is -2.20. The van der Waals surface area contributed by atoms with Crippen LogP contribution in [0.5, 0.6) is 17.2 Å². The zero-order chi connectivity index (χ0) is 22.5. The van der Waals surface area contributed by atoms with Crippen molar-refractivity contribution in [2.24, 2.45) is 0 Å². The molecule has 7 heteroatoms. The van der Waals surface area contributed by atoms with Gasteiger partial charge in [0.15, 0.2) is 11.5 Å². The van der Waals surface area contributed by atoms with E-state index in [1.807, 2.05) is 24.3 Å². The van der Waals surface area contributed by atoms with Gasteiger partial charge in [-0.15, -0.1) is 0 Å². The molecule has 0 spiro atoms. The van der Waals surface area contributed by atoms with Gasteiger partial charge in [0.05, 0.1) is 21.3 Å². The Morgan fingerprint density at radius 2 is 1.53 bits per heavy atom. The monoisotopic (exact) mass is 524 g/mol. The molecule has 2 rings (SSSR count). The smallest absolute Gasteiger partial charge is 0.342 e. The predicted molar refractivity (Wildman–Crippen MR) is 123 cm³/mol. The molecule has 0 aliphatic rings. The summed E-state index contributed by atoms with van der Waals surface area (Å²) in [5, 5.41) is 0. The van der Waals surface area contributed by atoms with Crippen molar-refractivity contribution >= 4 is 40.4 Å². The molecule has 30 heavy (non-hydrogen) atoms. The van der Waals surface area contributed by atoms with Crippen molar-refractivity contribution in [1.29, 1.82) is 0 Å². The Kier molecular flexibility index (Phi) is 7.89. The Hall–Kier alpha value is -2.55. The second kappa shape index (κ2) is 9.97. The minimum Gasteiger partial charge on any atom is -0.493 e. The number of hydrogen-bond acceptors (Lipinski definition) is 6. The topological polar surface area (TPSA) is 71.1 Å². The maximum atomic E-state index is 13.4. The third-order valence-corrected chi connectivity index (χ3v) is 4.62. The van der Waals surface area contributed by atoms with Crippen LogP contribution in [0.2, 0.25) is 0 Å². The molecule has 2 aromatic rings. The summed E-state index contributed by atoms with van der Waals surface area (Å²) in [6, 6.07) is 10.5. The van der Waals surface area contributed by atoms with Crippen LogP contribution in [0.25, 0.3) is 6.08 Å². The van der Waals surface area contributed by atoms with Gasteiger partial charge in [-0.1, -0.05) is 12.1 Å². The third kappa shape index (κ3) is 5.98. The van der Waals surface area contributed by atoms with Crippen molar-refractivity contribution in [2.75, 3.05) is 21.3 Å². The Morgan fingerprint density at radius 3 is 2.00 bits per heavy atom. The van der Waals surface area contributed by atoms with Crippen LogP contribution in [0, 0.1) is 3.57 Å². The summed E-state index contributed by atoms with van der Waals surface area (Å²) in [5.74, 6) is -0.226. The van der Waals surface area contributed by atoms with E-state index in [0.717, 1.165) is 3.57 Å². The van der Waals surface area contributed by atoms with Crippen molar-refractivity contribution in [3.05, 3.63) is 56.7 Å². The van der Waals surface area contributed by atoms with Crippen LogP contribution in [0.4, 0.5) is 0 Å². The normalized spacial score (nSPS) is 11.6. The minimum atomic E-state index is -0.753. The zero-order valence-corrected chi connectivity index (χ0v) is 20.0. The van der Waals surface area contributed by atoms with Crippen LogP contribution in [-0.4, -0.2) is 38.7 Å². The molecule has 6 nitrogen and oxygen atoms in total. The van der Waals surface area contributed by atoms with Crippen LogP contribution in [0.1, 0.15) is 36.7 Å². The number of carbonyl (C=O) groups excluding carboxylic acids is 2. The molecule has 0 aromatic heterocycles. The molecule has 0 saturated carbocycles. The van der Waals surface area contributed by atoms with Gasteiger partial charge in [-0.3, -0.25) is 4.79 Å². The fourth-order valence-corrected chi connectivity index (χ4v) is 3.25. The van der Waals surface area contributed by atoms with Crippen molar-refractivity contribution in [1.82, 2.24) is 0 Å². The van der Waals surface area contributed by atoms with E-state index in [-0.39, 0.29) is 11.1 Å². The standard InChI is InChI=1S/C23H25IO6/c1-23(2,3)30-22(26)17(11-14-8-7-9-16(24)10-14)20(25)15-12-18(27-4)21(29-6)19(13-15)28-5/h7-13H,1-6H3. The van der Waals surface area contributed by atoms with Gasteiger partial charge in [0.1, 0.15) is 11.2 Å². The zero-order valence-electron chi connectivity index (χ0n) is 17.9. The molecule has 0 radical (unpaired) electrons. The predicted octanol–water partition coefficient (Wildman–Crippen LogP) is 4.93. The average molecular weight is 524 g/mol. The second-order valence-corrected chi connectivity index (χ2v) is 8.60. The molecule has 0 aliphatic heterocycles. The molecule has 0 aliphatic carbocycles. The quantitative estimate of drug-likeness (QED) is 0.128. The fraction of sp³-hybridized carbons (Fsp3) is 0.304. The Labute approximate surface area is 190 Å². The highest BCUT2D eigenvalue weighted by molar-refractivity contribution is 14.1. The molecule has 2 aromatic carbocycles. The Bertz CT molecular complexity index is 947. The minimum absolute atomic E-state index is 0.0961. The van der Waals surface area contributed by atoms with Gasteiger partial charge >= 0.3 is 5.97 Å². The van der Waals surface area contributed by atoms with Gasteiger partial charge in [-0.05, 0) is 79.3 Å². The molecule has 0 unspecified atom stereocenters. The molecule has 160 valence electrons. The molecule has 0 N–H and O–H groups in total. The number of halogens is 1. The van der Waals surface area contributed by atoms with E-state index >= 15 is 0 Å². The average Bonchev–Trinajstić information content (AvgIpc) is 2.69. The summed E-state index contributed by atoms with van der Waals surface area (Å²) in [4.78, 5) is 26.3. The van der Waals surface area contributed by atoms with E-state index in [9.17, 15) is 9.59 Å². The van der Waals surface area contributed by atoms with Gasteiger partial charge in [-0.25, -0.2) is 4.79 Å². The molecule has 0 atom stereocenters. The Balaban J connectivity index is 2.61. The maximum Gasteiger partial charge on any atom is 0.342 e. The van der Waals surface area contributed by atoms with Gasteiger partial charge in [0.2, 0.25) is 11.5 Å². The lowest BCUT2D eigenvalue weighted by molar-refractivity contribution is -0.149. The highest BCUT2D eigenvalue weighted by Gasteiger charge is 2.27. The number of ketones is 1. The molecular formula is C23H25IO6. The molecule has 0 saturated heterocycles. The van der Waals surface area contributed by atoms with E-state index in [2.05, 4.69) is 22.6 Å². The Morgan fingerprint density at radius 1 is 0.933 bits per heavy atom. The van der Waals surface area contributed by atoms with Crippen LogP contribution in [0.15, 0.2) is 42.0 Å². The van der Waals surface area contributed by atoms with Gasteiger partial charge in [0, 0.05) is 9.13 Å². The van der Waals surface area contributed by atoms with Gasteiger partial charge < -0.3 is 18.9 Å². The van der Waals surface area contributed by atoms with Crippen molar-refractivity contribution < 1.29 is 28.5 Å². The maximum absolute atomic E-state index is 13.4. The number of ether oxygens (including phenoxy) is 4. The summed E-state index contributed by atoms with van der Waals surface area (Å²) in [5.41, 5.74) is 0.0774. The number of methoxy groups -OCH3 is 3. The lowest BCUT2D eigenvalue weighted by Crippen LogP contribution is -2.27. The largest absolute Gasteiger partial charge is 0.493 e. The van der Waals surface area contributed by atoms with Crippen LogP contribution in [0.3, 0.4) is 0 Å². The fourth-order valence-electron chi connectivity index (χ4n) is 2.68. The van der Waals surface area contributed by atoms with Crippen molar-refractivity contribution in [2.45, 2.75) is 26.4 Å². The van der Waals surface area contributed by atoms with Crippen LogP contribution in [-0.2, 0) is 9.53 Å². The first-order valence-corrected chi connectivity index (χ1v) is 10.2. The molecule has 0 fully saturated rings. The highest BCUT2D eigenvalue weighted by Crippen LogP contribution is 2.39. The third-order valence-electron chi connectivity index (χ3n) is 3.95. The number of Topliss-reactive ketones (excluding diaryl/α,β-unsaturated/α-hetero) is 1. The van der Waals surface area contributed by atoms with Crippen LogP contribution >= 0.6 is 22.6 Å². The summed E-state index contributed by atoms with van der Waals surface area (Å²) in [7, 11) is 4.40. The van der Waals surface area contributed by atoms with Crippen LogP contribution < -0.4 is 14.2 Å². The number of hydrogen-bond donors (Lipinski definition) is 0. The number of esters is 1. The summed E-state index contributed by atoms with van der Waals surface area (Å²) in [6.07, 6.45) is 1.53. The van der Waals surface area contributed by atoms with E-state index < -0.39 is 17.4 Å². The molecule has 0 amide bonds. The van der Waals surface area contributed by atoms with Crippen molar-refractivity contribution in [3.8, 4) is 17.2 Å². The summed E-state index contributed by atoms with van der Waals surface area (Å²) in [6.45, 7) is 5.24. The summed E-state index contributed by atoms with van der Waals surface area (Å²) >= 11 is 2.17. The first kappa shape index (κ1) is 23.7. The number of rotatable bonds is 7. The van der Waals surface area contributed by atoms with Gasteiger partial charge in [-0.2, -0.15) is 0 Å². The SMILES string of the molecule is COc1cc(C(=O)C(=Cc2cccc(I)c2)C(=O)OC(C)(C)C)cc(OC)c1OC. The number of carbonyl (C=O) groups is 2. The molecular weight excluding hydrogens is 499 g/mol. The molecule has 0 heterocycles. The van der Waals surface area contributed by atoms with Crippen molar-refractivity contribution in [3.63, 3.8) is 0 Å². The lowest BCUT2D eigenvalue weighted by atomic mass is 9.99. The summed E-state index contributed by atoms with van der Waals surface area (Å²) < 4.78 is 22.4. The van der Waals surface area contributed by atoms with E-state index in [1.54, 1.807) is 20.8 Å². The molecule has 0 bridgehead atoms. The first-order chi connectivity index (χ1) is 14.1. The van der Waals surface area contributed by atoms with Gasteiger partial charge in [0.25, 0.3) is 0 Å². The number of benzene rings is 2. The first-order valence-electron chi connectivity index (χ1n) is 9.15. The van der Waals surface area contributed by atoms with E-state index in [4.69, 9.17) is 18.9 Å². The van der Waals surface area contributed by atoms with E-state index in [1.165, 1.54) is 39.5 Å². The highest BCUT2D eigenvalue weighted by atomic mass is 127. The second-order valence-electron chi connectivity index (χ2n) is 7.36.